The number of hydrogen-bond acceptors (Lipinski definition) is 4. The fourth-order valence-corrected chi connectivity index (χ4v) is 3.69. The molecular weight excluding hydrogens is 315 g/mol. The van der Waals surface area contributed by atoms with Crippen molar-refractivity contribution in [3.8, 4) is 0 Å². The first-order chi connectivity index (χ1) is 11.6. The molecule has 0 saturated carbocycles. The third-order valence-corrected chi connectivity index (χ3v) is 6.20. The minimum Gasteiger partial charge on any atom is -0.399 e. The summed E-state index contributed by atoms with van der Waals surface area (Å²) < 4.78 is 14.1. The highest BCUT2D eigenvalue weighted by Gasteiger charge is 2.51. The Morgan fingerprint density at radius 3 is 2.36 bits per heavy atom. The Bertz CT molecular complexity index is 682. The predicted octanol–water partition coefficient (Wildman–Crippen LogP) is 1.94. The Morgan fingerprint density at radius 2 is 1.80 bits per heavy atom. The summed E-state index contributed by atoms with van der Waals surface area (Å²) >= 11 is 0. The fraction of sp³-hybridized carbons (Fsp3) is 0.737. The van der Waals surface area contributed by atoms with Crippen molar-refractivity contribution in [2.24, 2.45) is 0 Å². The number of pyridine rings is 1. The van der Waals surface area contributed by atoms with Gasteiger partial charge in [-0.3, -0.25) is 4.79 Å². The molecule has 138 valence electrons. The minimum absolute atomic E-state index is 0.0312. The molecule has 2 aliphatic rings. The van der Waals surface area contributed by atoms with E-state index >= 15 is 0 Å². The van der Waals surface area contributed by atoms with E-state index in [1.54, 1.807) is 6.07 Å². The molecule has 0 radical (unpaired) electrons. The molecule has 3 heterocycles. The van der Waals surface area contributed by atoms with E-state index in [9.17, 15) is 4.79 Å². The Morgan fingerprint density at radius 1 is 1.16 bits per heavy atom. The van der Waals surface area contributed by atoms with E-state index in [1.807, 2.05) is 45.3 Å². The Balaban J connectivity index is 1.83. The molecule has 0 N–H and O–H groups in total. The summed E-state index contributed by atoms with van der Waals surface area (Å²) in [6, 6.07) is 4.15. The summed E-state index contributed by atoms with van der Waals surface area (Å²) in [6.45, 7) is 12.0. The zero-order valence-corrected chi connectivity index (χ0v) is 16.5. The molecule has 2 fully saturated rings. The van der Waals surface area contributed by atoms with Crippen molar-refractivity contribution in [2.45, 2.75) is 77.7 Å². The molecule has 0 amide bonds. The van der Waals surface area contributed by atoms with Gasteiger partial charge in [0, 0.05) is 24.3 Å². The summed E-state index contributed by atoms with van der Waals surface area (Å²) in [7, 11) is 1.67. The van der Waals surface area contributed by atoms with E-state index in [-0.39, 0.29) is 5.56 Å². The van der Waals surface area contributed by atoms with Gasteiger partial charge in [-0.25, -0.2) is 0 Å². The van der Waals surface area contributed by atoms with Gasteiger partial charge in [0.1, 0.15) is 0 Å². The zero-order valence-electron chi connectivity index (χ0n) is 16.5. The first-order valence-corrected chi connectivity index (χ1v) is 9.38. The van der Waals surface area contributed by atoms with E-state index < -0.39 is 18.3 Å². The summed E-state index contributed by atoms with van der Waals surface area (Å²) in [5.41, 5.74) is 1.02. The van der Waals surface area contributed by atoms with Crippen LogP contribution >= 0.6 is 0 Å². The van der Waals surface area contributed by atoms with Crippen LogP contribution in [0.2, 0.25) is 0 Å². The van der Waals surface area contributed by atoms with Crippen LogP contribution in [0.1, 0.15) is 52.7 Å². The second-order valence-corrected chi connectivity index (χ2v) is 8.60. The molecule has 25 heavy (non-hydrogen) atoms. The van der Waals surface area contributed by atoms with Crippen LogP contribution in [0.5, 0.6) is 0 Å². The van der Waals surface area contributed by atoms with Crippen molar-refractivity contribution in [3.05, 3.63) is 28.2 Å². The summed E-state index contributed by atoms with van der Waals surface area (Å²) in [4.78, 5) is 15.1. The van der Waals surface area contributed by atoms with Gasteiger partial charge in [0.05, 0.1) is 11.2 Å². The van der Waals surface area contributed by atoms with Crippen LogP contribution in [0.4, 0.5) is 0 Å². The highest BCUT2D eigenvalue weighted by atomic mass is 16.7. The molecule has 0 aliphatic carbocycles. The van der Waals surface area contributed by atoms with E-state index in [0.29, 0.717) is 6.04 Å². The molecule has 1 aromatic rings. The van der Waals surface area contributed by atoms with E-state index in [0.717, 1.165) is 30.7 Å². The maximum Gasteiger partial charge on any atom is 0.495 e. The summed E-state index contributed by atoms with van der Waals surface area (Å²) in [5.74, 6) is 0. The Kier molecular flexibility index (Phi) is 4.90. The predicted molar refractivity (Wildman–Crippen MR) is 101 cm³/mol. The lowest BCUT2D eigenvalue weighted by molar-refractivity contribution is 0.00578. The quantitative estimate of drug-likeness (QED) is 0.785. The molecule has 0 aromatic carbocycles. The largest absolute Gasteiger partial charge is 0.495 e. The number of rotatable bonds is 3. The molecule has 0 bridgehead atoms. The molecular formula is C19H31BN2O3. The van der Waals surface area contributed by atoms with Crippen molar-refractivity contribution in [3.63, 3.8) is 0 Å². The van der Waals surface area contributed by atoms with Crippen molar-refractivity contribution in [2.75, 3.05) is 13.6 Å². The first-order valence-electron chi connectivity index (χ1n) is 9.38. The van der Waals surface area contributed by atoms with Crippen molar-refractivity contribution in [1.29, 1.82) is 0 Å². The standard InChI is InChI=1S/C19H31BN2O3/c1-14-11-15(20-24-18(2,3)19(4,5)25-20)12-17(23)22(14)13-16-9-7-8-10-21(16)6/h11-12,16H,7-10,13H2,1-6H3. The van der Waals surface area contributed by atoms with Gasteiger partial charge < -0.3 is 18.8 Å². The van der Waals surface area contributed by atoms with Gasteiger partial charge >= 0.3 is 7.12 Å². The molecule has 2 aliphatic heterocycles. The van der Waals surface area contributed by atoms with Crippen LogP contribution in [0.25, 0.3) is 0 Å². The Labute approximate surface area is 151 Å². The van der Waals surface area contributed by atoms with Gasteiger partial charge in [-0.05, 0) is 72.6 Å². The number of aromatic nitrogens is 1. The van der Waals surface area contributed by atoms with Crippen LogP contribution in [-0.4, -0.2) is 47.4 Å². The van der Waals surface area contributed by atoms with Gasteiger partial charge in [0.2, 0.25) is 5.56 Å². The fourth-order valence-electron chi connectivity index (χ4n) is 3.69. The second-order valence-electron chi connectivity index (χ2n) is 8.60. The van der Waals surface area contributed by atoms with Crippen molar-refractivity contribution < 1.29 is 9.31 Å². The molecule has 3 rings (SSSR count). The van der Waals surface area contributed by atoms with Gasteiger partial charge in [0.25, 0.3) is 0 Å². The number of hydrogen-bond donors (Lipinski definition) is 0. The van der Waals surface area contributed by atoms with E-state index in [4.69, 9.17) is 9.31 Å². The van der Waals surface area contributed by atoms with Crippen LogP contribution in [0, 0.1) is 6.92 Å². The van der Waals surface area contributed by atoms with E-state index in [1.165, 1.54) is 12.8 Å². The maximum absolute atomic E-state index is 12.8. The molecule has 0 spiro atoms. The van der Waals surface area contributed by atoms with Gasteiger partial charge in [-0.1, -0.05) is 6.42 Å². The topological polar surface area (TPSA) is 43.7 Å². The average molecular weight is 346 g/mol. The molecule has 2 saturated heterocycles. The number of aryl methyl sites for hydroxylation is 1. The lowest BCUT2D eigenvalue weighted by Gasteiger charge is -2.33. The first kappa shape index (κ1) is 18.7. The van der Waals surface area contributed by atoms with Gasteiger partial charge in [-0.15, -0.1) is 0 Å². The third kappa shape index (κ3) is 3.57. The lowest BCUT2D eigenvalue weighted by Crippen LogP contribution is -2.43. The second kappa shape index (κ2) is 6.56. The van der Waals surface area contributed by atoms with Crippen LogP contribution in [0.15, 0.2) is 16.9 Å². The molecule has 1 atom stereocenters. The molecule has 5 nitrogen and oxygen atoms in total. The maximum atomic E-state index is 12.8. The number of likely N-dealkylation sites (N-methyl/N-ethyl adjacent to an activating group) is 1. The SMILES string of the molecule is Cc1cc(B2OC(C)(C)C(C)(C)O2)cc(=O)n1CC1CCCCN1C. The van der Waals surface area contributed by atoms with Crippen LogP contribution in [0.3, 0.4) is 0 Å². The highest BCUT2D eigenvalue weighted by molar-refractivity contribution is 6.62. The van der Waals surface area contributed by atoms with Crippen molar-refractivity contribution >= 4 is 12.6 Å². The monoisotopic (exact) mass is 346 g/mol. The lowest BCUT2D eigenvalue weighted by atomic mass is 9.79. The molecule has 1 aromatic heterocycles. The van der Waals surface area contributed by atoms with Crippen molar-refractivity contribution in [1.82, 2.24) is 9.47 Å². The number of piperidine rings is 1. The molecule has 6 heteroatoms. The number of nitrogens with zero attached hydrogens (tertiary/aromatic N) is 2. The number of likely N-dealkylation sites (tertiary alicyclic amines) is 1. The van der Waals surface area contributed by atoms with E-state index in [2.05, 4.69) is 11.9 Å². The van der Waals surface area contributed by atoms with Gasteiger partial charge in [-0.2, -0.15) is 0 Å². The zero-order chi connectivity index (χ0) is 18.4. The highest BCUT2D eigenvalue weighted by Crippen LogP contribution is 2.36. The third-order valence-electron chi connectivity index (χ3n) is 6.20. The van der Waals surface area contributed by atoms with Crippen LogP contribution in [-0.2, 0) is 15.9 Å². The van der Waals surface area contributed by atoms with Gasteiger partial charge in [0.15, 0.2) is 0 Å². The minimum atomic E-state index is -0.483. The summed E-state index contributed by atoms with van der Waals surface area (Å²) in [5, 5.41) is 0. The van der Waals surface area contributed by atoms with Crippen LogP contribution < -0.4 is 11.0 Å². The average Bonchev–Trinajstić information content (AvgIpc) is 2.73. The smallest absolute Gasteiger partial charge is 0.399 e. The Hall–Kier alpha value is -1.11. The summed E-state index contributed by atoms with van der Waals surface area (Å²) in [6.07, 6.45) is 3.65. The molecule has 1 unspecified atom stereocenters. The normalized spacial score (nSPS) is 26.2.